The molecular weight excluding hydrogens is 208 g/mol. The van der Waals surface area contributed by atoms with Crippen molar-refractivity contribution in [3.63, 3.8) is 0 Å². The maximum atomic E-state index is 11.7. The van der Waals surface area contributed by atoms with Gasteiger partial charge in [-0.15, -0.1) is 0 Å². The monoisotopic (exact) mass is 224 g/mol. The Hall–Kier alpha value is -2.07. The first-order chi connectivity index (χ1) is 8.09. The smallest absolute Gasteiger partial charge is 0.181 e. The van der Waals surface area contributed by atoms with E-state index in [0.717, 1.165) is 11.1 Å². The summed E-state index contributed by atoms with van der Waals surface area (Å²) in [6, 6.07) is 0. The number of carbonyl (C=O) groups excluding carboxylic acids is 1. The maximum absolute atomic E-state index is 11.7. The summed E-state index contributed by atoms with van der Waals surface area (Å²) in [5.74, 6) is 5.97. The van der Waals surface area contributed by atoms with Crippen LogP contribution < -0.4 is 0 Å². The average molecular weight is 224 g/mol. The van der Waals surface area contributed by atoms with Gasteiger partial charge < -0.3 is 0 Å². The molecule has 86 valence electrons. The van der Waals surface area contributed by atoms with Crippen LogP contribution in [0.2, 0.25) is 0 Å². The Balaban J connectivity index is 3.14. The second-order valence-electron chi connectivity index (χ2n) is 3.94. The van der Waals surface area contributed by atoms with Crippen molar-refractivity contribution in [2.24, 2.45) is 0 Å². The van der Waals surface area contributed by atoms with Gasteiger partial charge in [0.25, 0.3) is 0 Å². The van der Waals surface area contributed by atoms with Crippen molar-refractivity contribution in [3.8, 4) is 11.8 Å². The highest BCUT2D eigenvalue weighted by Crippen LogP contribution is 2.02. The highest BCUT2D eigenvalue weighted by atomic mass is 16.1. The molecular formula is C16H16O. The van der Waals surface area contributed by atoms with Crippen LogP contribution in [-0.4, -0.2) is 5.78 Å². The molecule has 1 aliphatic rings. The summed E-state index contributed by atoms with van der Waals surface area (Å²) in [6.45, 7) is 5.70. The third-order valence-corrected chi connectivity index (χ3v) is 2.28. The van der Waals surface area contributed by atoms with Crippen LogP contribution in [0.4, 0.5) is 0 Å². The Bertz CT molecular complexity index is 511. The molecule has 0 atom stereocenters. The van der Waals surface area contributed by atoms with Gasteiger partial charge in [-0.25, -0.2) is 0 Å². The second-order valence-corrected chi connectivity index (χ2v) is 3.94. The second kappa shape index (κ2) is 6.50. The normalized spacial score (nSPS) is 29.6. The van der Waals surface area contributed by atoms with Gasteiger partial charge in [0, 0.05) is 0 Å². The zero-order chi connectivity index (χ0) is 12.7. The van der Waals surface area contributed by atoms with Crippen LogP contribution in [0.3, 0.4) is 0 Å². The summed E-state index contributed by atoms with van der Waals surface area (Å²) in [5.41, 5.74) is 2.71. The van der Waals surface area contributed by atoms with Gasteiger partial charge in [0.1, 0.15) is 0 Å². The van der Waals surface area contributed by atoms with Gasteiger partial charge >= 0.3 is 0 Å². The summed E-state index contributed by atoms with van der Waals surface area (Å²) >= 11 is 0. The van der Waals surface area contributed by atoms with E-state index in [0.29, 0.717) is 5.57 Å². The average Bonchev–Trinajstić information content (AvgIpc) is 2.31. The largest absolute Gasteiger partial charge is 0.290 e. The molecule has 0 unspecified atom stereocenters. The van der Waals surface area contributed by atoms with Crippen LogP contribution >= 0.6 is 0 Å². The third-order valence-electron chi connectivity index (χ3n) is 2.28. The van der Waals surface area contributed by atoms with Crippen LogP contribution in [0.25, 0.3) is 0 Å². The highest BCUT2D eigenvalue weighted by Gasteiger charge is 1.97. The molecule has 1 rings (SSSR count). The zero-order valence-corrected chi connectivity index (χ0v) is 10.4. The minimum Gasteiger partial charge on any atom is -0.290 e. The van der Waals surface area contributed by atoms with E-state index in [2.05, 4.69) is 11.8 Å². The topological polar surface area (TPSA) is 17.1 Å². The van der Waals surface area contributed by atoms with Crippen molar-refractivity contribution in [2.75, 3.05) is 0 Å². The van der Waals surface area contributed by atoms with Crippen molar-refractivity contribution < 1.29 is 4.79 Å². The van der Waals surface area contributed by atoms with Gasteiger partial charge in [0.15, 0.2) is 5.78 Å². The first kappa shape index (κ1) is 13.0. The van der Waals surface area contributed by atoms with Crippen molar-refractivity contribution in [3.05, 3.63) is 59.3 Å². The van der Waals surface area contributed by atoms with E-state index in [1.165, 1.54) is 0 Å². The van der Waals surface area contributed by atoms with Gasteiger partial charge in [-0.2, -0.15) is 0 Å². The zero-order valence-electron chi connectivity index (χ0n) is 10.4. The van der Waals surface area contributed by atoms with E-state index < -0.39 is 0 Å². The molecule has 0 saturated heterocycles. The molecule has 0 fully saturated rings. The van der Waals surface area contributed by atoms with Crippen LogP contribution in [0.1, 0.15) is 20.8 Å². The molecule has 0 N–H and O–H groups in total. The first-order valence-electron chi connectivity index (χ1n) is 5.52. The summed E-state index contributed by atoms with van der Waals surface area (Å²) in [5, 5.41) is 0. The fraction of sp³-hybridized carbons (Fsp3) is 0.188. The number of carbonyl (C=O) groups is 1. The van der Waals surface area contributed by atoms with E-state index in [1.807, 2.05) is 38.2 Å². The van der Waals surface area contributed by atoms with E-state index in [1.54, 1.807) is 25.2 Å². The lowest BCUT2D eigenvalue weighted by molar-refractivity contribution is -0.111. The van der Waals surface area contributed by atoms with Crippen LogP contribution in [0, 0.1) is 11.8 Å². The molecule has 0 spiro atoms. The Morgan fingerprint density at radius 2 is 1.76 bits per heavy atom. The number of ketones is 1. The minimum atomic E-state index is 0.0225. The fourth-order valence-electron chi connectivity index (χ4n) is 1.18. The number of rotatable bonds is 0. The number of hydrogen-bond acceptors (Lipinski definition) is 1. The van der Waals surface area contributed by atoms with E-state index in [9.17, 15) is 4.79 Å². The molecule has 0 amide bonds. The van der Waals surface area contributed by atoms with Crippen LogP contribution in [-0.2, 0) is 4.79 Å². The molecule has 0 aliphatic heterocycles. The van der Waals surface area contributed by atoms with Crippen LogP contribution in [0.15, 0.2) is 59.3 Å². The Morgan fingerprint density at radius 1 is 1.00 bits per heavy atom. The van der Waals surface area contributed by atoms with Gasteiger partial charge in [-0.1, -0.05) is 47.8 Å². The third kappa shape index (κ3) is 4.99. The summed E-state index contributed by atoms with van der Waals surface area (Å²) in [6.07, 6.45) is 12.6. The molecule has 1 aliphatic carbocycles. The molecule has 1 nitrogen and oxygen atoms in total. The minimum absolute atomic E-state index is 0.0225. The molecule has 0 radical (unpaired) electrons. The predicted molar refractivity (Wildman–Crippen MR) is 72.3 cm³/mol. The van der Waals surface area contributed by atoms with Crippen molar-refractivity contribution >= 4 is 5.78 Å². The summed E-state index contributed by atoms with van der Waals surface area (Å²) < 4.78 is 0. The molecule has 1 heteroatoms. The Morgan fingerprint density at radius 3 is 2.53 bits per heavy atom. The fourth-order valence-corrected chi connectivity index (χ4v) is 1.18. The molecule has 0 saturated carbocycles. The van der Waals surface area contributed by atoms with Gasteiger partial charge in [0.05, 0.1) is 0 Å². The Kier molecular flexibility index (Phi) is 4.97. The molecule has 0 aromatic rings. The van der Waals surface area contributed by atoms with E-state index in [-0.39, 0.29) is 5.78 Å². The van der Waals surface area contributed by atoms with Crippen molar-refractivity contribution in [1.82, 2.24) is 0 Å². The molecule has 0 aromatic heterocycles. The first-order valence-corrected chi connectivity index (χ1v) is 5.52. The lowest BCUT2D eigenvalue weighted by Crippen LogP contribution is -1.93. The predicted octanol–water partition coefficient (Wildman–Crippen LogP) is 3.52. The summed E-state index contributed by atoms with van der Waals surface area (Å²) in [4.78, 5) is 11.7. The van der Waals surface area contributed by atoms with Gasteiger partial charge in [-0.3, -0.25) is 4.79 Å². The van der Waals surface area contributed by atoms with E-state index >= 15 is 0 Å². The van der Waals surface area contributed by atoms with Gasteiger partial charge in [0.2, 0.25) is 0 Å². The standard InChI is InChI=1S/C16H16O/c1-13-7-4-5-8-14(2)11-12-15(3)16(17)10-6-9-13/h4,6-7,9-12H,1-3H3/b7-4-,10-6+,13-9-,14-11-,15-12+. The molecule has 0 aromatic carbocycles. The lowest BCUT2D eigenvalue weighted by Gasteiger charge is -1.92. The van der Waals surface area contributed by atoms with Crippen molar-refractivity contribution in [1.29, 1.82) is 0 Å². The number of hydrogen-bond donors (Lipinski definition) is 0. The number of allylic oxidation sites excluding steroid dienone is 10. The van der Waals surface area contributed by atoms with Crippen molar-refractivity contribution in [2.45, 2.75) is 20.8 Å². The maximum Gasteiger partial charge on any atom is 0.181 e. The lowest BCUT2D eigenvalue weighted by atomic mass is 10.1. The highest BCUT2D eigenvalue weighted by molar-refractivity contribution is 6.03. The quantitative estimate of drug-likeness (QED) is 0.575. The summed E-state index contributed by atoms with van der Waals surface area (Å²) in [7, 11) is 0. The molecule has 17 heavy (non-hydrogen) atoms. The van der Waals surface area contributed by atoms with E-state index in [4.69, 9.17) is 0 Å². The molecule has 0 bridgehead atoms. The van der Waals surface area contributed by atoms with Crippen LogP contribution in [0.5, 0.6) is 0 Å². The SMILES string of the molecule is C/C1=C/C=C(\C)C(=O)/C=C/C=C(C)\C=C/C#C1. The van der Waals surface area contributed by atoms with Gasteiger partial charge in [-0.05, 0) is 44.1 Å². The Labute approximate surface area is 103 Å². The molecule has 0 heterocycles.